The highest BCUT2D eigenvalue weighted by Gasteiger charge is 2.09. The number of thioether (sulfide) groups is 1. The van der Waals surface area contributed by atoms with Gasteiger partial charge in [-0.3, -0.25) is 4.79 Å². The van der Waals surface area contributed by atoms with E-state index in [9.17, 15) is 4.79 Å². The average Bonchev–Trinajstić information content (AvgIpc) is 2.91. The standard InChI is InChI=1S/C12H12N6OS2/c1-14-10-6-2-3-20-11(6)17-8(16-10)5-21-12-15-7(13)4-9(19)18-12/h2-4H,5H2,1H3,(H,14,16,17)(H3,13,15,18,19). The minimum absolute atomic E-state index is 0.201. The Morgan fingerprint density at radius 2 is 2.29 bits per heavy atom. The van der Waals surface area contributed by atoms with Crippen LogP contribution in [0.4, 0.5) is 11.6 Å². The molecule has 0 aliphatic rings. The van der Waals surface area contributed by atoms with Gasteiger partial charge in [-0.1, -0.05) is 11.8 Å². The van der Waals surface area contributed by atoms with Gasteiger partial charge < -0.3 is 16.0 Å². The predicted molar refractivity (Wildman–Crippen MR) is 85.8 cm³/mol. The SMILES string of the molecule is CNc1nc(CSc2nc(N)cc(=O)[nH]2)nc2sccc12. The molecule has 3 heterocycles. The Morgan fingerprint density at radius 3 is 3.05 bits per heavy atom. The first kappa shape index (κ1) is 13.8. The summed E-state index contributed by atoms with van der Waals surface area (Å²) in [6.07, 6.45) is 0. The topological polar surface area (TPSA) is 110 Å². The summed E-state index contributed by atoms with van der Waals surface area (Å²) in [4.78, 5) is 27.9. The highest BCUT2D eigenvalue weighted by Crippen LogP contribution is 2.26. The van der Waals surface area contributed by atoms with Crippen molar-refractivity contribution in [3.8, 4) is 0 Å². The summed E-state index contributed by atoms with van der Waals surface area (Å²) in [6, 6.07) is 3.23. The fourth-order valence-corrected chi connectivity index (χ4v) is 3.33. The number of fused-ring (bicyclic) bond motifs is 1. The first-order valence-corrected chi connectivity index (χ1v) is 7.94. The highest BCUT2D eigenvalue weighted by atomic mass is 32.2. The quantitative estimate of drug-likeness (QED) is 0.495. The number of nitrogen functional groups attached to an aromatic ring is 1. The van der Waals surface area contributed by atoms with E-state index in [-0.39, 0.29) is 11.4 Å². The van der Waals surface area contributed by atoms with E-state index in [0.717, 1.165) is 16.0 Å². The van der Waals surface area contributed by atoms with Crippen molar-refractivity contribution in [2.24, 2.45) is 0 Å². The summed E-state index contributed by atoms with van der Waals surface area (Å²) < 4.78 is 0. The third-order valence-electron chi connectivity index (χ3n) is 2.69. The van der Waals surface area contributed by atoms with Crippen LogP contribution in [0.3, 0.4) is 0 Å². The van der Waals surface area contributed by atoms with E-state index >= 15 is 0 Å². The summed E-state index contributed by atoms with van der Waals surface area (Å²) in [5.74, 6) is 2.16. The van der Waals surface area contributed by atoms with E-state index in [4.69, 9.17) is 5.73 Å². The van der Waals surface area contributed by atoms with Gasteiger partial charge in [0.05, 0.1) is 11.1 Å². The number of nitrogens with one attached hydrogen (secondary N) is 2. The molecule has 21 heavy (non-hydrogen) atoms. The Balaban J connectivity index is 1.86. The molecule has 0 unspecified atom stereocenters. The first-order chi connectivity index (χ1) is 10.2. The van der Waals surface area contributed by atoms with E-state index in [0.29, 0.717) is 16.7 Å². The zero-order valence-electron chi connectivity index (χ0n) is 11.1. The van der Waals surface area contributed by atoms with Crippen LogP contribution < -0.4 is 16.6 Å². The van der Waals surface area contributed by atoms with Crippen molar-refractivity contribution in [2.45, 2.75) is 10.9 Å². The maximum absolute atomic E-state index is 11.3. The second kappa shape index (κ2) is 5.70. The maximum atomic E-state index is 11.3. The molecule has 0 atom stereocenters. The molecule has 0 saturated heterocycles. The van der Waals surface area contributed by atoms with E-state index in [1.54, 1.807) is 11.3 Å². The van der Waals surface area contributed by atoms with Gasteiger partial charge in [-0.25, -0.2) is 15.0 Å². The van der Waals surface area contributed by atoms with Crippen molar-refractivity contribution in [2.75, 3.05) is 18.1 Å². The maximum Gasteiger partial charge on any atom is 0.253 e. The lowest BCUT2D eigenvalue weighted by atomic mass is 10.4. The summed E-state index contributed by atoms with van der Waals surface area (Å²) in [5.41, 5.74) is 5.28. The number of nitrogens with two attached hydrogens (primary N) is 1. The number of anilines is 2. The molecule has 0 spiro atoms. The average molecular weight is 320 g/mol. The van der Waals surface area contributed by atoms with Crippen LogP contribution >= 0.6 is 23.1 Å². The zero-order chi connectivity index (χ0) is 14.8. The molecule has 3 aromatic rings. The van der Waals surface area contributed by atoms with Crippen LogP contribution in [0.2, 0.25) is 0 Å². The Hall–Kier alpha value is -2.13. The van der Waals surface area contributed by atoms with Crippen molar-refractivity contribution < 1.29 is 0 Å². The number of H-pyrrole nitrogens is 1. The molecule has 0 aliphatic heterocycles. The molecule has 7 nitrogen and oxygen atoms in total. The van der Waals surface area contributed by atoms with Gasteiger partial charge in [0, 0.05) is 13.1 Å². The van der Waals surface area contributed by atoms with Crippen molar-refractivity contribution in [1.29, 1.82) is 0 Å². The van der Waals surface area contributed by atoms with Gasteiger partial charge in [0.25, 0.3) is 5.56 Å². The van der Waals surface area contributed by atoms with Crippen molar-refractivity contribution in [3.63, 3.8) is 0 Å². The fraction of sp³-hybridized carbons (Fsp3) is 0.167. The van der Waals surface area contributed by atoms with Crippen molar-refractivity contribution >= 4 is 45.0 Å². The van der Waals surface area contributed by atoms with Gasteiger partial charge in [-0.05, 0) is 11.4 Å². The van der Waals surface area contributed by atoms with E-state index in [2.05, 4.69) is 25.3 Å². The van der Waals surface area contributed by atoms with Crippen molar-refractivity contribution in [1.82, 2.24) is 19.9 Å². The molecule has 108 valence electrons. The minimum Gasteiger partial charge on any atom is -0.383 e. The molecule has 3 aromatic heterocycles. The Labute approximate surface area is 128 Å². The number of rotatable bonds is 4. The lowest BCUT2D eigenvalue weighted by molar-refractivity contribution is 0.941. The molecule has 0 fully saturated rings. The second-order valence-electron chi connectivity index (χ2n) is 4.14. The van der Waals surface area contributed by atoms with Gasteiger partial charge in [-0.2, -0.15) is 0 Å². The molecule has 9 heteroatoms. The fourth-order valence-electron chi connectivity index (χ4n) is 1.81. The Kier molecular flexibility index (Phi) is 3.76. The molecular weight excluding hydrogens is 308 g/mol. The zero-order valence-corrected chi connectivity index (χ0v) is 12.7. The number of thiophene rings is 1. The van der Waals surface area contributed by atoms with Gasteiger partial charge in [-0.15, -0.1) is 11.3 Å². The number of aromatic nitrogens is 4. The van der Waals surface area contributed by atoms with Crippen LogP contribution in [0, 0.1) is 0 Å². The predicted octanol–water partition coefficient (Wildman–Crippen LogP) is 1.69. The van der Waals surface area contributed by atoms with E-state index in [1.807, 2.05) is 18.5 Å². The molecule has 0 aliphatic carbocycles. The molecule has 3 rings (SSSR count). The molecule has 4 N–H and O–H groups in total. The summed E-state index contributed by atoms with van der Waals surface area (Å²) in [5, 5.41) is 6.51. The van der Waals surface area contributed by atoms with E-state index in [1.165, 1.54) is 17.8 Å². The van der Waals surface area contributed by atoms with Gasteiger partial charge in [0.2, 0.25) is 0 Å². The highest BCUT2D eigenvalue weighted by molar-refractivity contribution is 7.98. The molecule has 0 bridgehead atoms. The lowest BCUT2D eigenvalue weighted by Gasteiger charge is -2.05. The van der Waals surface area contributed by atoms with Crippen LogP contribution in [0.1, 0.15) is 5.82 Å². The number of hydrogen-bond acceptors (Lipinski definition) is 8. The third kappa shape index (κ3) is 2.98. The minimum atomic E-state index is -0.268. The smallest absolute Gasteiger partial charge is 0.253 e. The van der Waals surface area contributed by atoms with Crippen LogP contribution in [-0.2, 0) is 5.75 Å². The number of aromatic amines is 1. The molecule has 0 aromatic carbocycles. The van der Waals surface area contributed by atoms with Crippen LogP contribution in [0.15, 0.2) is 27.5 Å². The largest absolute Gasteiger partial charge is 0.383 e. The normalized spacial score (nSPS) is 10.9. The summed E-state index contributed by atoms with van der Waals surface area (Å²) >= 11 is 2.90. The van der Waals surface area contributed by atoms with Crippen LogP contribution in [0.25, 0.3) is 10.2 Å². The van der Waals surface area contributed by atoms with E-state index < -0.39 is 0 Å². The van der Waals surface area contributed by atoms with Gasteiger partial charge >= 0.3 is 0 Å². The lowest BCUT2D eigenvalue weighted by Crippen LogP contribution is -2.09. The molecule has 0 saturated carbocycles. The van der Waals surface area contributed by atoms with Crippen LogP contribution in [-0.4, -0.2) is 27.0 Å². The van der Waals surface area contributed by atoms with Crippen LogP contribution in [0.5, 0.6) is 0 Å². The van der Waals surface area contributed by atoms with Gasteiger partial charge in [0.1, 0.15) is 22.3 Å². The first-order valence-electron chi connectivity index (χ1n) is 6.07. The summed E-state index contributed by atoms with van der Waals surface area (Å²) in [7, 11) is 1.83. The van der Waals surface area contributed by atoms with Crippen molar-refractivity contribution in [3.05, 3.63) is 33.7 Å². The molecule has 0 radical (unpaired) electrons. The second-order valence-corrected chi connectivity index (χ2v) is 6.00. The van der Waals surface area contributed by atoms with Gasteiger partial charge in [0.15, 0.2) is 5.16 Å². The monoisotopic (exact) mass is 320 g/mol. The Morgan fingerprint density at radius 1 is 1.43 bits per heavy atom. The number of nitrogens with zero attached hydrogens (tertiary/aromatic N) is 3. The molecular formula is C12H12N6OS2. The third-order valence-corrected chi connectivity index (χ3v) is 4.36. The molecule has 0 amide bonds. The summed E-state index contributed by atoms with van der Waals surface area (Å²) in [6.45, 7) is 0. The number of hydrogen-bond donors (Lipinski definition) is 3. The Bertz CT molecular complexity index is 843.